The van der Waals surface area contributed by atoms with Gasteiger partial charge in [-0.1, -0.05) is 12.1 Å². The van der Waals surface area contributed by atoms with Gasteiger partial charge < -0.3 is 14.6 Å². The molecule has 0 saturated heterocycles. The van der Waals surface area contributed by atoms with Crippen LogP contribution in [0.25, 0.3) is 5.53 Å². The SMILES string of the molecule is COP(=O)(OC)C(Cc1cccc([N+](=O)[O-])c1)=[N+]=[N-]. The van der Waals surface area contributed by atoms with E-state index in [1.54, 1.807) is 6.07 Å². The van der Waals surface area contributed by atoms with Gasteiger partial charge in [-0.3, -0.25) is 10.1 Å². The number of nitro groups is 1. The van der Waals surface area contributed by atoms with Crippen molar-refractivity contribution in [2.24, 2.45) is 0 Å². The number of rotatable bonds is 6. The molecule has 0 aliphatic carbocycles. The molecule has 0 fully saturated rings. The Morgan fingerprint density at radius 3 is 2.58 bits per heavy atom. The van der Waals surface area contributed by atoms with Gasteiger partial charge in [0.1, 0.15) is 0 Å². The lowest BCUT2D eigenvalue weighted by Gasteiger charge is -2.08. The summed E-state index contributed by atoms with van der Waals surface area (Å²) >= 11 is 0. The van der Waals surface area contributed by atoms with E-state index in [2.05, 4.69) is 4.79 Å². The Labute approximate surface area is 109 Å². The zero-order valence-corrected chi connectivity index (χ0v) is 11.2. The minimum atomic E-state index is -3.67. The van der Waals surface area contributed by atoms with Gasteiger partial charge in [-0.25, -0.2) is 4.57 Å². The fraction of sp³-hybridized carbons (Fsp3) is 0.300. The highest BCUT2D eigenvalue weighted by Gasteiger charge is 2.37. The highest BCUT2D eigenvalue weighted by atomic mass is 31.2. The second-order valence-corrected chi connectivity index (χ2v) is 5.72. The first kappa shape index (κ1) is 15.2. The van der Waals surface area contributed by atoms with E-state index in [1.165, 1.54) is 18.2 Å². The highest BCUT2D eigenvalue weighted by Crippen LogP contribution is 2.48. The predicted molar refractivity (Wildman–Crippen MR) is 67.1 cm³/mol. The minimum Gasteiger partial charge on any atom is -0.361 e. The normalized spacial score (nSPS) is 10.8. The van der Waals surface area contributed by atoms with Crippen LogP contribution in [0.5, 0.6) is 0 Å². The maximum atomic E-state index is 12.0. The smallest absolute Gasteiger partial charge is 0.361 e. The van der Waals surface area contributed by atoms with Crippen LogP contribution in [-0.4, -0.2) is 29.4 Å². The van der Waals surface area contributed by atoms with Crippen LogP contribution in [0.15, 0.2) is 24.3 Å². The lowest BCUT2D eigenvalue weighted by Crippen LogP contribution is -2.09. The van der Waals surface area contributed by atoms with E-state index in [4.69, 9.17) is 14.6 Å². The standard InChI is InChI=1S/C10H12N3O5P/c1-17-19(16,18-2)10(12-11)7-8-4-3-5-9(6-8)13(14)15/h3-6H,7H2,1-2H3. The summed E-state index contributed by atoms with van der Waals surface area (Å²) in [7, 11) is -1.35. The van der Waals surface area contributed by atoms with Crippen LogP contribution in [0.2, 0.25) is 0 Å². The molecule has 0 aliphatic rings. The third-order valence-electron chi connectivity index (χ3n) is 2.40. The maximum absolute atomic E-state index is 12.0. The topological polar surface area (TPSA) is 115 Å². The zero-order valence-electron chi connectivity index (χ0n) is 10.3. The summed E-state index contributed by atoms with van der Waals surface area (Å²) in [6.07, 6.45) is -0.0862. The first-order chi connectivity index (χ1) is 8.96. The molecular weight excluding hydrogens is 273 g/mol. The fourth-order valence-corrected chi connectivity index (χ4v) is 2.49. The molecule has 102 valence electrons. The van der Waals surface area contributed by atoms with E-state index in [-0.39, 0.29) is 17.6 Å². The van der Waals surface area contributed by atoms with Gasteiger partial charge in [0.15, 0.2) is 0 Å². The molecule has 0 N–H and O–H groups in total. The molecule has 0 spiro atoms. The summed E-state index contributed by atoms with van der Waals surface area (Å²) in [5.74, 6) is 0. The van der Waals surface area contributed by atoms with Gasteiger partial charge in [0.2, 0.25) is 0 Å². The van der Waals surface area contributed by atoms with Crippen molar-refractivity contribution in [2.75, 3.05) is 14.2 Å². The van der Waals surface area contributed by atoms with E-state index in [1.807, 2.05) is 0 Å². The molecule has 0 atom stereocenters. The number of nitro benzene ring substituents is 1. The lowest BCUT2D eigenvalue weighted by molar-refractivity contribution is -0.384. The molecule has 1 aromatic rings. The van der Waals surface area contributed by atoms with E-state index < -0.39 is 12.5 Å². The molecule has 0 saturated carbocycles. The summed E-state index contributed by atoms with van der Waals surface area (Å²) in [5, 5.41) is 10.6. The van der Waals surface area contributed by atoms with Gasteiger partial charge in [0.05, 0.1) is 11.3 Å². The van der Waals surface area contributed by atoms with Gasteiger partial charge in [-0.2, -0.15) is 4.79 Å². The predicted octanol–water partition coefficient (Wildman–Crippen LogP) is 2.25. The van der Waals surface area contributed by atoms with Crippen LogP contribution in [0, 0.1) is 10.1 Å². The Morgan fingerprint density at radius 1 is 1.47 bits per heavy atom. The first-order valence-corrected chi connectivity index (χ1v) is 6.67. The van der Waals surface area contributed by atoms with Gasteiger partial charge in [-0.15, -0.1) is 0 Å². The van der Waals surface area contributed by atoms with Crippen molar-refractivity contribution in [1.29, 1.82) is 0 Å². The van der Waals surface area contributed by atoms with Crippen molar-refractivity contribution >= 4 is 18.7 Å². The maximum Gasteiger partial charge on any atom is 0.437 e. The van der Waals surface area contributed by atoms with Crippen molar-refractivity contribution < 1.29 is 23.3 Å². The average molecular weight is 285 g/mol. The van der Waals surface area contributed by atoms with E-state index in [0.717, 1.165) is 14.2 Å². The van der Waals surface area contributed by atoms with Gasteiger partial charge in [-0.05, 0) is 5.56 Å². The average Bonchev–Trinajstić information content (AvgIpc) is 2.44. The second kappa shape index (κ2) is 6.36. The summed E-state index contributed by atoms with van der Waals surface area (Å²) in [6.45, 7) is 0. The lowest BCUT2D eigenvalue weighted by atomic mass is 10.1. The van der Waals surface area contributed by atoms with Crippen LogP contribution in [0.4, 0.5) is 5.69 Å². The van der Waals surface area contributed by atoms with E-state index in [0.29, 0.717) is 5.56 Å². The first-order valence-electron chi connectivity index (χ1n) is 5.13. The molecule has 0 radical (unpaired) electrons. The number of benzene rings is 1. The molecule has 0 heterocycles. The number of non-ortho nitro benzene ring substituents is 1. The Morgan fingerprint density at radius 2 is 2.11 bits per heavy atom. The van der Waals surface area contributed by atoms with Gasteiger partial charge in [0.25, 0.3) is 5.69 Å². The molecule has 0 aliphatic heterocycles. The fourth-order valence-electron chi connectivity index (χ4n) is 1.43. The second-order valence-electron chi connectivity index (χ2n) is 3.48. The van der Waals surface area contributed by atoms with Crippen molar-refractivity contribution in [3.05, 3.63) is 45.5 Å². The molecule has 8 nitrogen and oxygen atoms in total. The van der Waals surface area contributed by atoms with Crippen molar-refractivity contribution in [1.82, 2.24) is 0 Å². The summed E-state index contributed by atoms with van der Waals surface area (Å²) in [5.41, 5.74) is 9.00. The van der Waals surface area contributed by atoms with Gasteiger partial charge in [0, 0.05) is 26.4 Å². The van der Waals surface area contributed by atoms with Crippen LogP contribution in [-0.2, 0) is 20.0 Å². The summed E-state index contributed by atoms with van der Waals surface area (Å²) in [4.78, 5) is 13.0. The van der Waals surface area contributed by atoms with Crippen LogP contribution < -0.4 is 0 Å². The third kappa shape index (κ3) is 3.56. The van der Waals surface area contributed by atoms with Crippen LogP contribution in [0.3, 0.4) is 0 Å². The number of hydrogen-bond donors (Lipinski definition) is 0. The minimum absolute atomic E-state index is 0.0862. The van der Waals surface area contributed by atoms with Crippen molar-refractivity contribution in [3.63, 3.8) is 0 Å². The zero-order chi connectivity index (χ0) is 14.5. The van der Waals surface area contributed by atoms with E-state index in [9.17, 15) is 14.7 Å². The highest BCUT2D eigenvalue weighted by molar-refractivity contribution is 7.71. The van der Waals surface area contributed by atoms with Gasteiger partial charge >= 0.3 is 13.0 Å². The largest absolute Gasteiger partial charge is 0.437 e. The Hall–Kier alpha value is -1.85. The Balaban J connectivity index is 3.07. The molecule has 9 heteroatoms. The Bertz CT molecular complexity index is 574. The summed E-state index contributed by atoms with van der Waals surface area (Å²) < 4.78 is 21.4. The molecule has 1 aromatic carbocycles. The molecule has 0 bridgehead atoms. The van der Waals surface area contributed by atoms with E-state index >= 15 is 0 Å². The molecule has 19 heavy (non-hydrogen) atoms. The number of hydrogen-bond acceptors (Lipinski definition) is 5. The quantitative estimate of drug-likeness (QED) is 0.198. The molecule has 1 rings (SSSR count). The summed E-state index contributed by atoms with van der Waals surface area (Å²) in [6, 6.07) is 5.67. The third-order valence-corrected chi connectivity index (χ3v) is 4.24. The molecular formula is C10H12N3O5P. The van der Waals surface area contributed by atoms with Crippen LogP contribution in [0.1, 0.15) is 5.56 Å². The molecule has 0 amide bonds. The molecule has 0 unspecified atom stereocenters. The van der Waals surface area contributed by atoms with Crippen LogP contribution >= 0.6 is 7.60 Å². The monoisotopic (exact) mass is 285 g/mol. The van der Waals surface area contributed by atoms with Crippen molar-refractivity contribution in [3.8, 4) is 0 Å². The number of nitrogens with zero attached hydrogens (tertiary/aromatic N) is 3. The van der Waals surface area contributed by atoms with Crippen molar-refractivity contribution in [2.45, 2.75) is 6.42 Å². The Kier molecular flexibility index (Phi) is 5.09. The molecule has 0 aromatic heterocycles.